The van der Waals surface area contributed by atoms with Crippen LogP contribution in [0.3, 0.4) is 0 Å². The molecule has 0 atom stereocenters. The highest BCUT2D eigenvalue weighted by Crippen LogP contribution is 2.37. The first-order valence-electron chi connectivity index (χ1n) is 6.38. The number of hydrogen-bond acceptors (Lipinski definition) is 3. The summed E-state index contributed by atoms with van der Waals surface area (Å²) in [6.45, 7) is 14.1. The Morgan fingerprint density at radius 1 is 1.06 bits per heavy atom. The third-order valence-corrected chi connectivity index (χ3v) is 2.96. The number of amides is 1. The number of ketones is 1. The van der Waals surface area contributed by atoms with Crippen molar-refractivity contribution < 1.29 is 14.3 Å². The number of carbonyl (C=O) groups excluding carboxylic acids is 2. The lowest BCUT2D eigenvalue weighted by Gasteiger charge is -2.48. The molecule has 1 heterocycles. The third kappa shape index (κ3) is 3.24. The Morgan fingerprint density at radius 3 is 1.83 bits per heavy atom. The van der Waals surface area contributed by atoms with E-state index >= 15 is 0 Å². The van der Waals surface area contributed by atoms with E-state index in [4.69, 9.17) is 4.74 Å². The van der Waals surface area contributed by atoms with E-state index in [9.17, 15) is 9.59 Å². The Labute approximate surface area is 110 Å². The minimum absolute atomic E-state index is 0.204. The average Bonchev–Trinajstić information content (AvgIpc) is 2.07. The molecular formula is C14H25NO3. The second-order valence-electron chi connectivity index (χ2n) is 7.48. The summed E-state index contributed by atoms with van der Waals surface area (Å²) in [5.74, 6) is 0.204. The summed E-state index contributed by atoms with van der Waals surface area (Å²) in [5.41, 5.74) is -1.28. The predicted molar refractivity (Wildman–Crippen MR) is 70.4 cm³/mol. The largest absolute Gasteiger partial charge is 0.444 e. The SMILES string of the molecule is CC(C)(C)OC(=O)N1CC(C)(C(=O)C(C)(C)C)C1. The second-order valence-corrected chi connectivity index (χ2v) is 7.48. The van der Waals surface area contributed by atoms with Crippen LogP contribution in [-0.4, -0.2) is 35.5 Å². The van der Waals surface area contributed by atoms with Crippen molar-refractivity contribution in [1.29, 1.82) is 0 Å². The molecule has 0 unspecified atom stereocenters. The van der Waals surface area contributed by atoms with Crippen molar-refractivity contribution in [2.45, 2.75) is 54.1 Å². The lowest BCUT2D eigenvalue weighted by molar-refractivity contribution is -0.144. The van der Waals surface area contributed by atoms with E-state index in [1.807, 2.05) is 48.5 Å². The number of carbonyl (C=O) groups is 2. The van der Waals surface area contributed by atoms with Gasteiger partial charge in [-0.25, -0.2) is 4.79 Å². The van der Waals surface area contributed by atoms with Crippen molar-refractivity contribution in [3.63, 3.8) is 0 Å². The summed E-state index contributed by atoms with van der Waals surface area (Å²) in [6.07, 6.45) is -0.332. The molecule has 4 heteroatoms. The normalized spacial score (nSPS) is 19.2. The maximum absolute atomic E-state index is 12.2. The molecule has 1 fully saturated rings. The van der Waals surface area contributed by atoms with Crippen LogP contribution in [0.2, 0.25) is 0 Å². The van der Waals surface area contributed by atoms with Crippen LogP contribution in [0.5, 0.6) is 0 Å². The van der Waals surface area contributed by atoms with Gasteiger partial charge in [-0.05, 0) is 27.7 Å². The van der Waals surface area contributed by atoms with Gasteiger partial charge in [0.25, 0.3) is 0 Å². The van der Waals surface area contributed by atoms with E-state index in [1.165, 1.54) is 0 Å². The molecule has 1 aliphatic heterocycles. The molecular weight excluding hydrogens is 230 g/mol. The lowest BCUT2D eigenvalue weighted by Crippen LogP contribution is -2.63. The van der Waals surface area contributed by atoms with E-state index < -0.39 is 11.0 Å². The molecule has 4 nitrogen and oxygen atoms in total. The summed E-state index contributed by atoms with van der Waals surface area (Å²) in [5, 5.41) is 0. The van der Waals surface area contributed by atoms with Crippen LogP contribution in [0.25, 0.3) is 0 Å². The van der Waals surface area contributed by atoms with Crippen LogP contribution in [0, 0.1) is 10.8 Å². The van der Waals surface area contributed by atoms with E-state index in [0.717, 1.165) is 0 Å². The quantitative estimate of drug-likeness (QED) is 0.723. The van der Waals surface area contributed by atoms with E-state index in [2.05, 4.69) is 0 Å². The molecule has 1 amide bonds. The van der Waals surface area contributed by atoms with Crippen LogP contribution in [0.15, 0.2) is 0 Å². The van der Waals surface area contributed by atoms with Crippen molar-refractivity contribution in [1.82, 2.24) is 4.90 Å². The fourth-order valence-electron chi connectivity index (χ4n) is 2.30. The molecule has 1 aliphatic rings. The van der Waals surface area contributed by atoms with Crippen molar-refractivity contribution in [3.05, 3.63) is 0 Å². The summed E-state index contributed by atoms with van der Waals surface area (Å²) in [7, 11) is 0. The number of hydrogen-bond donors (Lipinski definition) is 0. The van der Waals surface area contributed by atoms with Crippen LogP contribution in [-0.2, 0) is 9.53 Å². The van der Waals surface area contributed by atoms with Gasteiger partial charge < -0.3 is 9.64 Å². The molecule has 0 bridgehead atoms. The first-order chi connectivity index (χ1) is 7.85. The van der Waals surface area contributed by atoms with Gasteiger partial charge in [0.15, 0.2) is 0 Å². The zero-order valence-electron chi connectivity index (χ0n) is 12.6. The van der Waals surface area contributed by atoms with Crippen molar-refractivity contribution in [2.24, 2.45) is 10.8 Å². The first-order valence-corrected chi connectivity index (χ1v) is 6.38. The van der Waals surface area contributed by atoms with Crippen LogP contribution in [0.1, 0.15) is 48.5 Å². The number of nitrogens with zero attached hydrogens (tertiary/aromatic N) is 1. The average molecular weight is 255 g/mol. The Hall–Kier alpha value is -1.06. The van der Waals surface area contributed by atoms with E-state index in [0.29, 0.717) is 13.1 Å². The minimum Gasteiger partial charge on any atom is -0.444 e. The Bertz CT molecular complexity index is 354. The molecule has 0 radical (unpaired) electrons. The summed E-state index contributed by atoms with van der Waals surface area (Å²) < 4.78 is 5.28. The summed E-state index contributed by atoms with van der Waals surface area (Å²) in [4.78, 5) is 25.6. The highest BCUT2D eigenvalue weighted by Gasteiger charge is 2.50. The Balaban J connectivity index is 2.58. The standard InChI is InChI=1S/C14H25NO3/c1-12(2,3)10(16)14(7)8-15(9-14)11(17)18-13(4,5)6/h8-9H2,1-7H3. The van der Waals surface area contributed by atoms with Gasteiger partial charge in [-0.1, -0.05) is 20.8 Å². The molecule has 1 rings (SSSR count). The maximum atomic E-state index is 12.2. The summed E-state index contributed by atoms with van der Waals surface area (Å²) >= 11 is 0. The molecule has 18 heavy (non-hydrogen) atoms. The van der Waals surface area contributed by atoms with Gasteiger partial charge in [0.1, 0.15) is 11.4 Å². The zero-order chi connectivity index (χ0) is 14.4. The smallest absolute Gasteiger partial charge is 0.410 e. The first kappa shape index (κ1) is 15.0. The fourth-order valence-corrected chi connectivity index (χ4v) is 2.30. The lowest BCUT2D eigenvalue weighted by atomic mass is 9.69. The van der Waals surface area contributed by atoms with Gasteiger partial charge in [-0.3, -0.25) is 4.79 Å². The fraction of sp³-hybridized carbons (Fsp3) is 0.857. The van der Waals surface area contributed by atoms with Crippen LogP contribution < -0.4 is 0 Å². The topological polar surface area (TPSA) is 46.6 Å². The molecule has 0 saturated carbocycles. The van der Waals surface area contributed by atoms with Crippen molar-refractivity contribution in [3.8, 4) is 0 Å². The van der Waals surface area contributed by atoms with Crippen LogP contribution in [0.4, 0.5) is 4.79 Å². The molecule has 0 aromatic heterocycles. The molecule has 0 spiro atoms. The molecule has 0 aromatic rings. The van der Waals surface area contributed by atoms with E-state index in [1.54, 1.807) is 4.90 Å². The minimum atomic E-state index is -0.489. The molecule has 104 valence electrons. The predicted octanol–water partition coefficient (Wildman–Crippen LogP) is 2.86. The second kappa shape index (κ2) is 4.25. The monoisotopic (exact) mass is 255 g/mol. The van der Waals surface area contributed by atoms with Gasteiger partial charge in [-0.2, -0.15) is 0 Å². The number of ether oxygens (including phenoxy) is 1. The number of rotatable bonds is 1. The Morgan fingerprint density at radius 2 is 1.50 bits per heavy atom. The molecule has 1 saturated heterocycles. The van der Waals surface area contributed by atoms with Gasteiger partial charge in [0.05, 0.1) is 5.41 Å². The Kier molecular flexibility index (Phi) is 3.54. The zero-order valence-corrected chi connectivity index (χ0v) is 12.6. The van der Waals surface area contributed by atoms with Gasteiger partial charge in [0.2, 0.25) is 0 Å². The highest BCUT2D eigenvalue weighted by molar-refractivity contribution is 5.91. The van der Waals surface area contributed by atoms with Crippen molar-refractivity contribution >= 4 is 11.9 Å². The van der Waals surface area contributed by atoms with Gasteiger partial charge >= 0.3 is 6.09 Å². The van der Waals surface area contributed by atoms with Crippen LogP contribution >= 0.6 is 0 Å². The van der Waals surface area contributed by atoms with Gasteiger partial charge in [-0.15, -0.1) is 0 Å². The molecule has 0 aromatic carbocycles. The molecule has 0 aliphatic carbocycles. The highest BCUT2D eigenvalue weighted by atomic mass is 16.6. The van der Waals surface area contributed by atoms with Crippen molar-refractivity contribution in [2.75, 3.05) is 13.1 Å². The number of likely N-dealkylation sites (tertiary alicyclic amines) is 1. The summed E-state index contributed by atoms with van der Waals surface area (Å²) in [6, 6.07) is 0. The van der Waals surface area contributed by atoms with Gasteiger partial charge in [0, 0.05) is 18.5 Å². The number of Topliss-reactive ketones (excluding diaryl/α,β-unsaturated/α-hetero) is 1. The third-order valence-electron chi connectivity index (χ3n) is 2.96. The van der Waals surface area contributed by atoms with E-state index in [-0.39, 0.29) is 17.3 Å². The maximum Gasteiger partial charge on any atom is 0.410 e. The molecule has 0 N–H and O–H groups in total.